The summed E-state index contributed by atoms with van der Waals surface area (Å²) in [5, 5.41) is 11.2. The minimum atomic E-state index is -0.438. The van der Waals surface area contributed by atoms with Gasteiger partial charge in [0.15, 0.2) is 0 Å². The molecule has 2 atom stereocenters. The van der Waals surface area contributed by atoms with Crippen molar-refractivity contribution < 1.29 is 4.92 Å². The number of nitrogens with zero attached hydrogens (tertiary/aromatic N) is 2. The Hall–Kier alpha value is -1.17. The van der Waals surface area contributed by atoms with E-state index in [1.165, 1.54) is 12.8 Å². The molecule has 0 amide bonds. The van der Waals surface area contributed by atoms with Crippen LogP contribution in [-0.4, -0.2) is 29.0 Å². The Morgan fingerprint density at radius 2 is 2.29 bits per heavy atom. The molecule has 0 bridgehead atoms. The SMILES string of the molecule is CCC1CCCCN1C(CN)c1ccc(Cl)c([N+](=O)[O-])c1. The number of halogens is 1. The third-order valence-corrected chi connectivity index (χ3v) is 4.64. The topological polar surface area (TPSA) is 72.4 Å². The molecule has 1 saturated heterocycles. The quantitative estimate of drug-likeness (QED) is 0.667. The van der Waals surface area contributed by atoms with Gasteiger partial charge in [-0.25, -0.2) is 0 Å². The van der Waals surface area contributed by atoms with Crippen LogP contribution in [0.5, 0.6) is 0 Å². The number of rotatable bonds is 5. The van der Waals surface area contributed by atoms with Crippen LogP contribution in [0, 0.1) is 10.1 Å². The lowest BCUT2D eigenvalue weighted by molar-refractivity contribution is -0.384. The van der Waals surface area contributed by atoms with Crippen LogP contribution in [0.2, 0.25) is 5.02 Å². The third kappa shape index (κ3) is 3.54. The van der Waals surface area contributed by atoms with E-state index in [1.807, 2.05) is 6.07 Å². The maximum absolute atomic E-state index is 11.1. The number of nitro groups is 1. The van der Waals surface area contributed by atoms with Crippen molar-refractivity contribution >= 4 is 17.3 Å². The standard InChI is InChI=1S/C15H22ClN3O2/c1-2-12-5-3-4-8-18(12)15(10-17)11-6-7-13(16)14(9-11)19(20)21/h6-7,9,12,15H,2-5,8,10,17H2,1H3. The Kier molecular flexibility index (Phi) is 5.56. The lowest BCUT2D eigenvalue weighted by Gasteiger charge is -2.40. The Bertz CT molecular complexity index is 510. The van der Waals surface area contributed by atoms with Crippen LogP contribution in [-0.2, 0) is 0 Å². The van der Waals surface area contributed by atoms with Gasteiger partial charge in [0.05, 0.1) is 4.92 Å². The van der Waals surface area contributed by atoms with Crippen LogP contribution >= 0.6 is 11.6 Å². The zero-order valence-corrected chi connectivity index (χ0v) is 13.1. The van der Waals surface area contributed by atoms with Gasteiger partial charge < -0.3 is 5.73 Å². The van der Waals surface area contributed by atoms with E-state index in [2.05, 4.69) is 11.8 Å². The molecular weight excluding hydrogens is 290 g/mol. The van der Waals surface area contributed by atoms with Gasteiger partial charge >= 0.3 is 0 Å². The predicted octanol–water partition coefficient (Wildman–Crippen LogP) is 3.51. The molecule has 2 unspecified atom stereocenters. The van der Waals surface area contributed by atoms with Gasteiger partial charge in [-0.15, -0.1) is 0 Å². The van der Waals surface area contributed by atoms with Crippen molar-refractivity contribution in [3.05, 3.63) is 38.9 Å². The molecule has 1 aromatic rings. The molecule has 6 heteroatoms. The average molecular weight is 312 g/mol. The molecule has 0 aliphatic carbocycles. The minimum absolute atomic E-state index is 0.0196. The lowest BCUT2D eigenvalue weighted by atomic mass is 9.94. The minimum Gasteiger partial charge on any atom is -0.329 e. The Labute approximate surface area is 130 Å². The van der Waals surface area contributed by atoms with Crippen LogP contribution in [0.25, 0.3) is 0 Å². The van der Waals surface area contributed by atoms with Crippen LogP contribution in [0.3, 0.4) is 0 Å². The van der Waals surface area contributed by atoms with Gasteiger partial charge in [0.2, 0.25) is 0 Å². The maximum Gasteiger partial charge on any atom is 0.288 e. The van der Waals surface area contributed by atoms with Crippen molar-refractivity contribution in [2.45, 2.75) is 44.7 Å². The molecule has 2 rings (SSSR count). The van der Waals surface area contributed by atoms with Crippen LogP contribution in [0.1, 0.15) is 44.2 Å². The molecule has 116 valence electrons. The highest BCUT2D eigenvalue weighted by Gasteiger charge is 2.29. The summed E-state index contributed by atoms with van der Waals surface area (Å²) in [6, 6.07) is 5.55. The first-order valence-corrected chi connectivity index (χ1v) is 7.86. The fourth-order valence-corrected chi connectivity index (χ4v) is 3.40. The van der Waals surface area contributed by atoms with E-state index < -0.39 is 4.92 Å². The molecule has 5 nitrogen and oxygen atoms in total. The summed E-state index contributed by atoms with van der Waals surface area (Å²) in [7, 11) is 0. The molecule has 1 aromatic carbocycles. The van der Waals surface area contributed by atoms with Gasteiger partial charge in [0.25, 0.3) is 5.69 Å². The Balaban J connectivity index is 2.32. The second-order valence-corrected chi connectivity index (χ2v) is 5.92. The molecule has 0 spiro atoms. The van der Waals surface area contributed by atoms with Gasteiger partial charge in [0, 0.05) is 24.7 Å². The number of piperidine rings is 1. The zero-order chi connectivity index (χ0) is 15.4. The van der Waals surface area contributed by atoms with Gasteiger partial charge in [-0.05, 0) is 37.4 Å². The summed E-state index contributed by atoms with van der Waals surface area (Å²) in [5.41, 5.74) is 6.81. The summed E-state index contributed by atoms with van der Waals surface area (Å²) in [6.07, 6.45) is 4.64. The number of nitro benzene ring substituents is 1. The van der Waals surface area contributed by atoms with Crippen LogP contribution in [0.15, 0.2) is 18.2 Å². The molecule has 1 aliphatic rings. The molecule has 0 aromatic heterocycles. The van der Waals surface area contributed by atoms with Crippen molar-refractivity contribution in [3.8, 4) is 0 Å². The van der Waals surface area contributed by atoms with E-state index in [-0.39, 0.29) is 16.8 Å². The maximum atomic E-state index is 11.1. The molecular formula is C15H22ClN3O2. The number of likely N-dealkylation sites (tertiary alicyclic amines) is 1. The normalized spacial score (nSPS) is 21.2. The van der Waals surface area contributed by atoms with Crippen molar-refractivity contribution in [3.63, 3.8) is 0 Å². The molecule has 2 N–H and O–H groups in total. The van der Waals surface area contributed by atoms with Crippen LogP contribution in [0.4, 0.5) is 5.69 Å². The number of hydrogen-bond donors (Lipinski definition) is 1. The van der Waals surface area contributed by atoms with Gasteiger partial charge in [-0.1, -0.05) is 31.0 Å². The van der Waals surface area contributed by atoms with Crippen molar-refractivity contribution in [2.24, 2.45) is 5.73 Å². The summed E-state index contributed by atoms with van der Waals surface area (Å²) in [4.78, 5) is 13.0. The molecule has 0 saturated carbocycles. The van der Waals surface area contributed by atoms with E-state index in [0.717, 1.165) is 24.9 Å². The first kappa shape index (κ1) is 16.2. The first-order chi connectivity index (χ1) is 10.1. The lowest BCUT2D eigenvalue weighted by Crippen LogP contribution is -2.44. The molecule has 21 heavy (non-hydrogen) atoms. The largest absolute Gasteiger partial charge is 0.329 e. The number of nitrogens with two attached hydrogens (primary N) is 1. The van der Waals surface area contributed by atoms with Crippen LogP contribution < -0.4 is 5.73 Å². The first-order valence-electron chi connectivity index (χ1n) is 7.48. The van der Waals surface area contributed by atoms with E-state index in [1.54, 1.807) is 12.1 Å². The fraction of sp³-hybridized carbons (Fsp3) is 0.600. The summed E-state index contributed by atoms with van der Waals surface area (Å²) in [6.45, 7) is 3.63. The van der Waals surface area contributed by atoms with Gasteiger partial charge in [-0.2, -0.15) is 0 Å². The highest BCUT2D eigenvalue weighted by Crippen LogP contribution is 2.33. The molecule has 0 radical (unpaired) electrons. The smallest absolute Gasteiger partial charge is 0.288 e. The molecule has 1 fully saturated rings. The van der Waals surface area contributed by atoms with Crippen molar-refractivity contribution in [1.29, 1.82) is 0 Å². The Morgan fingerprint density at radius 1 is 1.52 bits per heavy atom. The second kappa shape index (κ2) is 7.20. The van der Waals surface area contributed by atoms with Gasteiger partial charge in [0.1, 0.15) is 5.02 Å². The van der Waals surface area contributed by atoms with Crippen molar-refractivity contribution in [1.82, 2.24) is 4.90 Å². The highest BCUT2D eigenvalue weighted by molar-refractivity contribution is 6.32. The number of hydrogen-bond acceptors (Lipinski definition) is 4. The fourth-order valence-electron chi connectivity index (χ4n) is 3.21. The third-order valence-electron chi connectivity index (χ3n) is 4.32. The zero-order valence-electron chi connectivity index (χ0n) is 12.3. The molecule has 1 heterocycles. The Morgan fingerprint density at radius 3 is 2.90 bits per heavy atom. The van der Waals surface area contributed by atoms with E-state index in [4.69, 9.17) is 17.3 Å². The highest BCUT2D eigenvalue weighted by atomic mass is 35.5. The van der Waals surface area contributed by atoms with Crippen molar-refractivity contribution in [2.75, 3.05) is 13.1 Å². The average Bonchev–Trinajstić information content (AvgIpc) is 2.49. The van der Waals surface area contributed by atoms with E-state index >= 15 is 0 Å². The van der Waals surface area contributed by atoms with E-state index in [0.29, 0.717) is 12.6 Å². The summed E-state index contributed by atoms with van der Waals surface area (Å²) >= 11 is 5.89. The van der Waals surface area contributed by atoms with Gasteiger partial charge in [-0.3, -0.25) is 15.0 Å². The second-order valence-electron chi connectivity index (χ2n) is 5.52. The summed E-state index contributed by atoms with van der Waals surface area (Å²) in [5.74, 6) is 0. The van der Waals surface area contributed by atoms with E-state index in [9.17, 15) is 10.1 Å². The summed E-state index contributed by atoms with van der Waals surface area (Å²) < 4.78 is 0. The predicted molar refractivity (Wildman–Crippen MR) is 84.5 cm³/mol. The monoisotopic (exact) mass is 311 g/mol. The molecule has 1 aliphatic heterocycles. The number of benzene rings is 1.